The Balaban J connectivity index is 2.03. The molecule has 5 nitrogen and oxygen atoms in total. The smallest absolute Gasteiger partial charge is 0.265 e. The molecule has 0 unspecified atom stereocenters. The van der Waals surface area contributed by atoms with Crippen LogP contribution < -0.4 is 16.0 Å². The van der Waals surface area contributed by atoms with Crippen molar-refractivity contribution in [2.75, 3.05) is 30.3 Å². The Hall–Kier alpha value is -1.56. The maximum atomic E-state index is 11.9. The highest BCUT2D eigenvalue weighted by molar-refractivity contribution is 7.18. The Morgan fingerprint density at radius 2 is 2.28 bits per heavy atom. The van der Waals surface area contributed by atoms with Crippen molar-refractivity contribution in [1.29, 1.82) is 0 Å². The highest BCUT2D eigenvalue weighted by Gasteiger charge is 2.21. The summed E-state index contributed by atoms with van der Waals surface area (Å²) in [6, 6.07) is 0. The Morgan fingerprint density at radius 1 is 1.56 bits per heavy atom. The van der Waals surface area contributed by atoms with Crippen LogP contribution in [0.5, 0.6) is 0 Å². The van der Waals surface area contributed by atoms with E-state index in [0.717, 1.165) is 24.6 Å². The average molecular weight is 266 g/mol. The van der Waals surface area contributed by atoms with Crippen LogP contribution >= 0.6 is 11.3 Å². The lowest BCUT2D eigenvalue weighted by atomic mass is 10.4. The van der Waals surface area contributed by atoms with Crippen LogP contribution in [0.1, 0.15) is 28.9 Å². The van der Waals surface area contributed by atoms with Crippen molar-refractivity contribution in [3.8, 4) is 0 Å². The Bertz CT molecular complexity index is 437. The second-order valence-corrected chi connectivity index (χ2v) is 5.22. The second-order valence-electron chi connectivity index (χ2n) is 4.24. The zero-order valence-corrected chi connectivity index (χ0v) is 11.1. The molecule has 6 heteroatoms. The number of carbonyl (C=O) groups excluding carboxylic acids is 1. The average Bonchev–Trinajstić information content (AvgIpc) is 2.97. The molecule has 1 saturated heterocycles. The van der Waals surface area contributed by atoms with Crippen LogP contribution in [0, 0.1) is 0 Å². The molecule has 0 aromatic carbocycles. The summed E-state index contributed by atoms with van der Waals surface area (Å²) in [7, 11) is 0. The first-order chi connectivity index (χ1) is 8.72. The van der Waals surface area contributed by atoms with E-state index in [9.17, 15) is 4.79 Å². The number of nitrogens with one attached hydrogen (secondary N) is 1. The normalized spacial score (nSPS) is 14.8. The van der Waals surface area contributed by atoms with Crippen molar-refractivity contribution in [2.24, 2.45) is 0 Å². The summed E-state index contributed by atoms with van der Waals surface area (Å²) in [5.41, 5.74) is 5.81. The van der Waals surface area contributed by atoms with Gasteiger partial charge in [0.2, 0.25) is 0 Å². The number of nitrogens with two attached hydrogens (primary N) is 1. The van der Waals surface area contributed by atoms with E-state index < -0.39 is 0 Å². The topological polar surface area (TPSA) is 71.2 Å². The summed E-state index contributed by atoms with van der Waals surface area (Å²) in [5, 5.41) is 3.67. The van der Waals surface area contributed by atoms with E-state index in [0.29, 0.717) is 17.2 Å². The molecule has 2 rings (SSSR count). The number of rotatable bonds is 5. The van der Waals surface area contributed by atoms with Gasteiger partial charge in [0.25, 0.3) is 5.91 Å². The van der Waals surface area contributed by atoms with Crippen molar-refractivity contribution in [3.05, 3.63) is 17.5 Å². The fourth-order valence-electron chi connectivity index (χ4n) is 1.89. The van der Waals surface area contributed by atoms with Crippen LogP contribution in [0.15, 0.2) is 12.7 Å². The molecule has 1 fully saturated rings. The maximum absolute atomic E-state index is 11.9. The molecule has 0 bridgehead atoms. The van der Waals surface area contributed by atoms with Gasteiger partial charge in [-0.1, -0.05) is 17.4 Å². The lowest BCUT2D eigenvalue weighted by molar-refractivity contribution is 0.0959. The molecule has 2 heterocycles. The molecule has 3 N–H and O–H groups in total. The Morgan fingerprint density at radius 3 is 2.94 bits per heavy atom. The van der Waals surface area contributed by atoms with E-state index in [1.54, 1.807) is 6.08 Å². The summed E-state index contributed by atoms with van der Waals surface area (Å²) in [4.78, 5) is 18.9. The quantitative estimate of drug-likeness (QED) is 0.627. The van der Waals surface area contributed by atoms with E-state index in [-0.39, 0.29) is 5.91 Å². The summed E-state index contributed by atoms with van der Waals surface area (Å²) in [6.07, 6.45) is 4.89. The fraction of sp³-hybridized carbons (Fsp3) is 0.500. The number of hydrogen-bond acceptors (Lipinski definition) is 5. The minimum atomic E-state index is -0.141. The summed E-state index contributed by atoms with van der Waals surface area (Å²) in [6.45, 7) is 6.20. The second kappa shape index (κ2) is 5.86. The van der Waals surface area contributed by atoms with E-state index >= 15 is 0 Å². The van der Waals surface area contributed by atoms with Crippen LogP contribution in [0.4, 0.5) is 10.9 Å². The van der Waals surface area contributed by atoms with Gasteiger partial charge in [-0.2, -0.15) is 0 Å². The van der Waals surface area contributed by atoms with Crippen molar-refractivity contribution in [1.82, 2.24) is 10.3 Å². The first-order valence-corrected chi connectivity index (χ1v) is 6.94. The minimum Gasteiger partial charge on any atom is -0.382 e. The number of nitrogen functional groups attached to an aromatic ring is 1. The SMILES string of the molecule is C=CCCNC(=O)c1sc(N2CCCC2)nc1N. The molecule has 98 valence electrons. The molecular formula is C12H18N4OS. The van der Waals surface area contributed by atoms with E-state index in [1.165, 1.54) is 24.2 Å². The number of aromatic nitrogens is 1. The van der Waals surface area contributed by atoms with E-state index in [4.69, 9.17) is 5.73 Å². The zero-order chi connectivity index (χ0) is 13.0. The molecule has 0 radical (unpaired) electrons. The third-order valence-corrected chi connectivity index (χ3v) is 3.99. The maximum Gasteiger partial charge on any atom is 0.265 e. The van der Waals surface area contributed by atoms with Gasteiger partial charge in [0, 0.05) is 19.6 Å². The largest absolute Gasteiger partial charge is 0.382 e. The van der Waals surface area contributed by atoms with Crippen molar-refractivity contribution in [2.45, 2.75) is 19.3 Å². The molecular weight excluding hydrogens is 248 g/mol. The highest BCUT2D eigenvalue weighted by Crippen LogP contribution is 2.30. The van der Waals surface area contributed by atoms with Crippen molar-refractivity contribution >= 4 is 28.2 Å². The lowest BCUT2D eigenvalue weighted by Crippen LogP contribution is -2.24. The van der Waals surface area contributed by atoms with Gasteiger partial charge in [0.15, 0.2) is 5.13 Å². The van der Waals surface area contributed by atoms with E-state index in [2.05, 4.69) is 21.8 Å². The predicted molar refractivity (Wildman–Crippen MR) is 75.1 cm³/mol. The van der Waals surface area contributed by atoms with Crippen molar-refractivity contribution < 1.29 is 4.79 Å². The predicted octanol–water partition coefficient (Wildman–Crippen LogP) is 1.63. The molecule has 1 aromatic rings. The number of carbonyl (C=O) groups is 1. The molecule has 1 aliphatic heterocycles. The van der Waals surface area contributed by atoms with Gasteiger partial charge in [0.1, 0.15) is 10.7 Å². The number of hydrogen-bond donors (Lipinski definition) is 2. The van der Waals surface area contributed by atoms with Gasteiger partial charge in [-0.3, -0.25) is 4.79 Å². The van der Waals surface area contributed by atoms with Crippen LogP contribution in [-0.2, 0) is 0 Å². The van der Waals surface area contributed by atoms with Crippen LogP contribution in [0.2, 0.25) is 0 Å². The van der Waals surface area contributed by atoms with E-state index in [1.807, 2.05) is 0 Å². The standard InChI is InChI=1S/C12H18N4OS/c1-2-3-6-14-11(17)9-10(13)15-12(18-9)16-7-4-5-8-16/h2H,1,3-8,13H2,(H,14,17). The zero-order valence-electron chi connectivity index (χ0n) is 10.3. The number of nitrogens with zero attached hydrogens (tertiary/aromatic N) is 2. The summed E-state index contributed by atoms with van der Waals surface area (Å²) >= 11 is 1.37. The van der Waals surface area contributed by atoms with Crippen molar-refractivity contribution in [3.63, 3.8) is 0 Å². The summed E-state index contributed by atoms with van der Waals surface area (Å²) in [5.74, 6) is 0.190. The first kappa shape index (κ1) is 12.9. The van der Waals surface area contributed by atoms with Crippen LogP contribution in [0.25, 0.3) is 0 Å². The molecule has 1 aromatic heterocycles. The molecule has 1 amide bonds. The van der Waals surface area contributed by atoms with Gasteiger partial charge in [0.05, 0.1) is 0 Å². The monoisotopic (exact) mass is 266 g/mol. The third-order valence-electron chi connectivity index (χ3n) is 2.86. The highest BCUT2D eigenvalue weighted by atomic mass is 32.1. The lowest BCUT2D eigenvalue weighted by Gasteiger charge is -2.11. The van der Waals surface area contributed by atoms with Crippen LogP contribution in [-0.4, -0.2) is 30.5 Å². The number of anilines is 2. The Labute approximate surface area is 111 Å². The van der Waals surface area contributed by atoms with Crippen LogP contribution in [0.3, 0.4) is 0 Å². The molecule has 0 spiro atoms. The van der Waals surface area contributed by atoms with Gasteiger partial charge in [-0.15, -0.1) is 6.58 Å². The van der Waals surface area contributed by atoms with Gasteiger partial charge >= 0.3 is 0 Å². The molecule has 0 saturated carbocycles. The van der Waals surface area contributed by atoms with Gasteiger partial charge < -0.3 is 16.0 Å². The molecule has 1 aliphatic rings. The molecule has 0 aliphatic carbocycles. The first-order valence-electron chi connectivity index (χ1n) is 6.12. The van der Waals surface area contributed by atoms with Gasteiger partial charge in [-0.25, -0.2) is 4.98 Å². The Kier molecular flexibility index (Phi) is 4.19. The molecule has 0 atom stereocenters. The molecule has 18 heavy (non-hydrogen) atoms. The third kappa shape index (κ3) is 2.81. The van der Waals surface area contributed by atoms with Gasteiger partial charge in [-0.05, 0) is 19.3 Å². The number of thiazole rings is 1. The number of amides is 1. The summed E-state index contributed by atoms with van der Waals surface area (Å²) < 4.78 is 0. The minimum absolute atomic E-state index is 0.141. The fourth-order valence-corrected chi connectivity index (χ4v) is 2.85.